The highest BCUT2D eigenvalue weighted by Crippen LogP contribution is 2.08. The van der Waals surface area contributed by atoms with E-state index >= 15 is 0 Å². The van der Waals surface area contributed by atoms with Crippen LogP contribution in [-0.4, -0.2) is 29.1 Å². The maximum atomic E-state index is 11.3. The molecular weight excluding hydrogens is 226 g/mol. The van der Waals surface area contributed by atoms with E-state index in [-0.39, 0.29) is 27.4 Å². The molecule has 0 heterocycles. The van der Waals surface area contributed by atoms with Crippen molar-refractivity contribution in [3.8, 4) is 0 Å². The molecule has 102 valence electrons. The van der Waals surface area contributed by atoms with E-state index in [1.807, 2.05) is 24.3 Å². The fourth-order valence-electron chi connectivity index (χ4n) is 1.45. The number of carbonyl (C=O) groups excluding carboxylic acids is 1. The first-order chi connectivity index (χ1) is 7.67. The first-order valence-corrected chi connectivity index (χ1v) is 5.25. The summed E-state index contributed by atoms with van der Waals surface area (Å²) in [6.07, 6.45) is 1.78. The Morgan fingerprint density at radius 3 is 2.28 bits per heavy atom. The van der Waals surface area contributed by atoms with Gasteiger partial charge in [-0.2, -0.15) is 0 Å². The van der Waals surface area contributed by atoms with Gasteiger partial charge in [-0.05, 0) is 11.1 Å². The van der Waals surface area contributed by atoms with Crippen molar-refractivity contribution in [1.29, 1.82) is 0 Å². The van der Waals surface area contributed by atoms with E-state index in [1.54, 1.807) is 11.0 Å². The van der Waals surface area contributed by atoms with Crippen LogP contribution in [0.25, 0.3) is 6.08 Å². The lowest BCUT2D eigenvalue weighted by Crippen LogP contribution is -2.30. The molecular formula is C15H25NO2. The molecule has 0 radical (unpaired) electrons. The molecule has 1 amide bonds. The Labute approximate surface area is 111 Å². The molecule has 1 aromatic carbocycles. The standard InChI is InChI=1S/C13H17NO2.2CH4/c1-3-12-4-6-13(7-5-12)10-14(8-9-15)11(2)16;;/h3-7,15H,1,8-10H2,2H3;2*1H4. The fraction of sp³-hybridized carbons (Fsp3) is 0.400. The monoisotopic (exact) mass is 251 g/mol. The van der Waals surface area contributed by atoms with E-state index in [2.05, 4.69) is 6.58 Å². The SMILES string of the molecule is C.C.C=Cc1ccc(CN(CCO)C(C)=O)cc1. The number of carbonyl (C=O) groups is 1. The van der Waals surface area contributed by atoms with Gasteiger partial charge < -0.3 is 10.0 Å². The minimum Gasteiger partial charge on any atom is -0.395 e. The van der Waals surface area contributed by atoms with Gasteiger partial charge in [-0.25, -0.2) is 0 Å². The van der Waals surface area contributed by atoms with Crippen LogP contribution >= 0.6 is 0 Å². The Balaban J connectivity index is 0. The summed E-state index contributed by atoms with van der Waals surface area (Å²) < 4.78 is 0. The lowest BCUT2D eigenvalue weighted by atomic mass is 10.1. The molecule has 0 spiro atoms. The van der Waals surface area contributed by atoms with Crippen molar-refractivity contribution in [2.75, 3.05) is 13.2 Å². The van der Waals surface area contributed by atoms with Crippen LogP contribution in [0.15, 0.2) is 30.8 Å². The lowest BCUT2D eigenvalue weighted by Gasteiger charge is -2.19. The summed E-state index contributed by atoms with van der Waals surface area (Å²) in [5, 5.41) is 8.84. The van der Waals surface area contributed by atoms with Gasteiger partial charge in [0.1, 0.15) is 0 Å². The molecule has 0 aliphatic rings. The summed E-state index contributed by atoms with van der Waals surface area (Å²) in [5.74, 6) is -0.0261. The smallest absolute Gasteiger partial charge is 0.219 e. The Hall–Kier alpha value is -1.61. The molecule has 1 aromatic rings. The van der Waals surface area contributed by atoms with Gasteiger partial charge >= 0.3 is 0 Å². The Kier molecular flexibility index (Phi) is 9.81. The zero-order valence-electron chi connectivity index (χ0n) is 9.52. The highest BCUT2D eigenvalue weighted by Gasteiger charge is 2.07. The molecule has 1 rings (SSSR count). The fourth-order valence-corrected chi connectivity index (χ4v) is 1.45. The number of aliphatic hydroxyl groups excluding tert-OH is 1. The van der Waals surface area contributed by atoms with E-state index in [0.29, 0.717) is 13.1 Å². The summed E-state index contributed by atoms with van der Waals surface area (Å²) >= 11 is 0. The van der Waals surface area contributed by atoms with Gasteiger partial charge in [-0.1, -0.05) is 51.8 Å². The normalized spacial score (nSPS) is 8.78. The number of benzene rings is 1. The third-order valence-corrected chi connectivity index (χ3v) is 2.40. The first kappa shape index (κ1) is 18.7. The van der Waals surface area contributed by atoms with Crippen LogP contribution in [0.1, 0.15) is 32.9 Å². The molecule has 0 aromatic heterocycles. The first-order valence-electron chi connectivity index (χ1n) is 5.25. The van der Waals surface area contributed by atoms with Crippen LogP contribution in [-0.2, 0) is 11.3 Å². The molecule has 0 unspecified atom stereocenters. The van der Waals surface area contributed by atoms with Gasteiger partial charge in [0.15, 0.2) is 0 Å². The molecule has 0 aliphatic heterocycles. The molecule has 0 fully saturated rings. The van der Waals surface area contributed by atoms with E-state index in [0.717, 1.165) is 11.1 Å². The number of nitrogens with zero attached hydrogens (tertiary/aromatic N) is 1. The maximum Gasteiger partial charge on any atom is 0.219 e. The van der Waals surface area contributed by atoms with E-state index in [9.17, 15) is 4.79 Å². The molecule has 0 saturated carbocycles. The number of amides is 1. The van der Waals surface area contributed by atoms with Gasteiger partial charge in [0.2, 0.25) is 5.91 Å². The highest BCUT2D eigenvalue weighted by atomic mass is 16.3. The zero-order chi connectivity index (χ0) is 12.0. The van der Waals surface area contributed by atoms with Gasteiger partial charge in [-0.3, -0.25) is 4.79 Å². The molecule has 1 N–H and O–H groups in total. The van der Waals surface area contributed by atoms with Crippen LogP contribution in [0.2, 0.25) is 0 Å². The minimum absolute atomic E-state index is 0. The van der Waals surface area contributed by atoms with Crippen molar-refractivity contribution < 1.29 is 9.90 Å². The second-order valence-corrected chi connectivity index (χ2v) is 3.61. The number of rotatable bonds is 5. The van der Waals surface area contributed by atoms with Crippen molar-refractivity contribution in [1.82, 2.24) is 4.90 Å². The summed E-state index contributed by atoms with van der Waals surface area (Å²) in [4.78, 5) is 12.9. The third-order valence-electron chi connectivity index (χ3n) is 2.40. The van der Waals surface area contributed by atoms with Gasteiger partial charge in [0, 0.05) is 20.0 Å². The number of hydrogen-bond acceptors (Lipinski definition) is 2. The van der Waals surface area contributed by atoms with Crippen LogP contribution in [0.3, 0.4) is 0 Å². The third kappa shape index (κ3) is 5.64. The molecule has 3 heteroatoms. The van der Waals surface area contributed by atoms with Crippen molar-refractivity contribution in [2.45, 2.75) is 28.3 Å². The van der Waals surface area contributed by atoms with Crippen LogP contribution in [0, 0.1) is 0 Å². The van der Waals surface area contributed by atoms with Gasteiger partial charge in [-0.15, -0.1) is 0 Å². The van der Waals surface area contributed by atoms with Gasteiger partial charge in [0.25, 0.3) is 0 Å². The number of aliphatic hydroxyl groups is 1. The predicted molar refractivity (Wildman–Crippen MR) is 78.2 cm³/mol. The Morgan fingerprint density at radius 1 is 1.33 bits per heavy atom. The van der Waals surface area contributed by atoms with Gasteiger partial charge in [0.05, 0.1) is 6.61 Å². The lowest BCUT2D eigenvalue weighted by molar-refractivity contribution is -0.129. The zero-order valence-corrected chi connectivity index (χ0v) is 9.52. The summed E-state index contributed by atoms with van der Waals surface area (Å²) in [7, 11) is 0. The van der Waals surface area contributed by atoms with Crippen LogP contribution in [0.5, 0.6) is 0 Å². The molecule has 0 aliphatic carbocycles. The summed E-state index contributed by atoms with van der Waals surface area (Å²) in [6, 6.07) is 7.84. The van der Waals surface area contributed by atoms with Crippen molar-refractivity contribution in [2.24, 2.45) is 0 Å². The molecule has 18 heavy (non-hydrogen) atoms. The predicted octanol–water partition coefficient (Wildman–Crippen LogP) is 2.94. The average molecular weight is 251 g/mol. The maximum absolute atomic E-state index is 11.3. The highest BCUT2D eigenvalue weighted by molar-refractivity contribution is 5.73. The quantitative estimate of drug-likeness (QED) is 0.874. The minimum atomic E-state index is -0.0261. The Morgan fingerprint density at radius 2 is 1.89 bits per heavy atom. The summed E-state index contributed by atoms with van der Waals surface area (Å²) in [5.41, 5.74) is 2.11. The largest absolute Gasteiger partial charge is 0.395 e. The van der Waals surface area contributed by atoms with Crippen molar-refractivity contribution >= 4 is 12.0 Å². The average Bonchev–Trinajstić information content (AvgIpc) is 2.29. The van der Waals surface area contributed by atoms with E-state index in [1.165, 1.54) is 6.92 Å². The second-order valence-electron chi connectivity index (χ2n) is 3.61. The Bertz CT molecular complexity index is 357. The topological polar surface area (TPSA) is 40.5 Å². The molecule has 0 saturated heterocycles. The summed E-state index contributed by atoms with van der Waals surface area (Å²) in [6.45, 7) is 6.09. The second kappa shape index (κ2) is 9.42. The molecule has 0 atom stereocenters. The van der Waals surface area contributed by atoms with Crippen molar-refractivity contribution in [3.05, 3.63) is 42.0 Å². The van der Waals surface area contributed by atoms with Crippen molar-refractivity contribution in [3.63, 3.8) is 0 Å². The van der Waals surface area contributed by atoms with Crippen LogP contribution in [0.4, 0.5) is 0 Å². The molecule has 3 nitrogen and oxygen atoms in total. The molecule has 0 bridgehead atoms. The number of hydrogen-bond donors (Lipinski definition) is 1. The van der Waals surface area contributed by atoms with Crippen LogP contribution < -0.4 is 0 Å². The van der Waals surface area contributed by atoms with E-state index in [4.69, 9.17) is 5.11 Å². The van der Waals surface area contributed by atoms with E-state index < -0.39 is 0 Å².